The standard InChI is InChI=1S/C22H20N8O3/c1-11-4-5-16-14(6-11)12(2)33-18-7-13(9-25-20(18)24)19-15(27-28(3)17(19)8-23)10-29-21(31)26-22(32)30(16)29/h4-7,9,12H,10H2,1-3H3,(H2,24,25)(H,26,31,32)/t12-/m1/s1. The number of nitrogen functional groups attached to an aromatic ring is 1. The smallest absolute Gasteiger partial charge is 0.349 e. The summed E-state index contributed by atoms with van der Waals surface area (Å²) >= 11 is 0. The molecule has 3 aromatic heterocycles. The molecule has 0 amide bonds. The zero-order valence-electron chi connectivity index (χ0n) is 18.2. The summed E-state index contributed by atoms with van der Waals surface area (Å²) in [7, 11) is 1.64. The van der Waals surface area contributed by atoms with Crippen molar-refractivity contribution in [3.8, 4) is 28.6 Å². The van der Waals surface area contributed by atoms with Gasteiger partial charge in [-0.2, -0.15) is 15.0 Å². The lowest BCUT2D eigenvalue weighted by molar-refractivity contribution is 0.227. The highest BCUT2D eigenvalue weighted by molar-refractivity contribution is 5.73. The Morgan fingerprint density at radius 2 is 2.06 bits per heavy atom. The molecule has 0 saturated heterocycles. The van der Waals surface area contributed by atoms with E-state index in [0.717, 1.165) is 5.56 Å². The zero-order valence-corrected chi connectivity index (χ0v) is 18.2. The number of H-pyrrole nitrogens is 1. The summed E-state index contributed by atoms with van der Waals surface area (Å²) in [4.78, 5) is 32.2. The molecule has 33 heavy (non-hydrogen) atoms. The number of anilines is 1. The van der Waals surface area contributed by atoms with Crippen molar-refractivity contribution < 1.29 is 4.74 Å². The lowest BCUT2D eigenvalue weighted by Crippen LogP contribution is -2.28. The van der Waals surface area contributed by atoms with Crippen LogP contribution in [0.2, 0.25) is 0 Å². The van der Waals surface area contributed by atoms with Crippen molar-refractivity contribution in [2.75, 3.05) is 5.73 Å². The lowest BCUT2D eigenvalue weighted by Gasteiger charge is -2.22. The third-order valence-electron chi connectivity index (χ3n) is 5.73. The maximum absolute atomic E-state index is 12.9. The summed E-state index contributed by atoms with van der Waals surface area (Å²) < 4.78 is 10.2. The van der Waals surface area contributed by atoms with Crippen molar-refractivity contribution in [3.05, 3.63) is 73.9 Å². The van der Waals surface area contributed by atoms with E-state index in [1.807, 2.05) is 26.0 Å². The fourth-order valence-corrected chi connectivity index (χ4v) is 4.19. The molecule has 0 unspecified atom stereocenters. The first-order valence-corrected chi connectivity index (χ1v) is 10.2. The third-order valence-corrected chi connectivity index (χ3v) is 5.73. The first-order valence-electron chi connectivity index (χ1n) is 10.2. The van der Waals surface area contributed by atoms with Crippen molar-refractivity contribution >= 4 is 5.82 Å². The minimum atomic E-state index is -0.594. The van der Waals surface area contributed by atoms with Crippen LogP contribution >= 0.6 is 0 Å². The Morgan fingerprint density at radius 1 is 1.27 bits per heavy atom. The minimum absolute atomic E-state index is 0.0509. The highest BCUT2D eigenvalue weighted by Crippen LogP contribution is 2.35. The second-order valence-electron chi connectivity index (χ2n) is 7.94. The Labute approximate surface area is 187 Å². The number of fused-ring (bicyclic) bond motifs is 7. The maximum Gasteiger partial charge on any atom is 0.349 e. The van der Waals surface area contributed by atoms with Crippen LogP contribution in [0.4, 0.5) is 5.82 Å². The number of pyridine rings is 1. The van der Waals surface area contributed by atoms with Crippen LogP contribution in [0.3, 0.4) is 0 Å². The van der Waals surface area contributed by atoms with Gasteiger partial charge in [0.05, 0.1) is 17.9 Å². The summed E-state index contributed by atoms with van der Waals surface area (Å²) in [6.45, 7) is 3.70. The molecular formula is C22H20N8O3. The third kappa shape index (κ3) is 3.11. The maximum atomic E-state index is 12.9. The number of aromatic nitrogens is 6. The molecule has 11 nitrogen and oxygen atoms in total. The molecule has 0 aliphatic carbocycles. The highest BCUT2D eigenvalue weighted by Gasteiger charge is 2.25. The lowest BCUT2D eigenvalue weighted by atomic mass is 10.0. The summed E-state index contributed by atoms with van der Waals surface area (Å²) in [5, 5.41) is 14.2. The van der Waals surface area contributed by atoms with Crippen molar-refractivity contribution in [1.82, 2.24) is 29.1 Å². The Bertz CT molecular complexity index is 1580. The van der Waals surface area contributed by atoms with Crippen molar-refractivity contribution in [2.45, 2.75) is 26.5 Å². The molecule has 0 spiro atoms. The second-order valence-corrected chi connectivity index (χ2v) is 7.94. The Kier molecular flexibility index (Phi) is 4.45. The van der Waals surface area contributed by atoms with Gasteiger partial charge in [-0.1, -0.05) is 17.7 Å². The fourth-order valence-electron chi connectivity index (χ4n) is 4.19. The zero-order chi connectivity index (χ0) is 23.4. The molecule has 1 aromatic carbocycles. The monoisotopic (exact) mass is 444 g/mol. The Morgan fingerprint density at radius 3 is 2.82 bits per heavy atom. The van der Waals surface area contributed by atoms with E-state index in [1.54, 1.807) is 19.2 Å². The average Bonchev–Trinajstić information content (AvgIpc) is 3.23. The molecule has 166 valence electrons. The molecule has 11 heteroatoms. The molecule has 1 atom stereocenters. The van der Waals surface area contributed by atoms with E-state index >= 15 is 0 Å². The summed E-state index contributed by atoms with van der Waals surface area (Å²) in [6.07, 6.45) is 0.998. The van der Waals surface area contributed by atoms with Crippen LogP contribution in [0.25, 0.3) is 16.8 Å². The molecule has 0 saturated carbocycles. The van der Waals surface area contributed by atoms with Crippen LogP contribution in [-0.4, -0.2) is 29.1 Å². The molecule has 0 fully saturated rings. The van der Waals surface area contributed by atoms with E-state index < -0.39 is 17.5 Å². The van der Waals surface area contributed by atoms with Gasteiger partial charge >= 0.3 is 11.4 Å². The van der Waals surface area contributed by atoms with Gasteiger partial charge in [0.15, 0.2) is 11.6 Å². The minimum Gasteiger partial charge on any atom is -0.482 e. The van der Waals surface area contributed by atoms with Gasteiger partial charge in [-0.05, 0) is 26.0 Å². The number of hydrogen-bond donors (Lipinski definition) is 2. The number of aromatic amines is 1. The van der Waals surface area contributed by atoms with Crippen molar-refractivity contribution in [2.24, 2.45) is 7.05 Å². The van der Waals surface area contributed by atoms with Crippen LogP contribution in [0.1, 0.15) is 35.5 Å². The largest absolute Gasteiger partial charge is 0.482 e. The van der Waals surface area contributed by atoms with Gasteiger partial charge in [0.2, 0.25) is 0 Å². The molecular weight excluding hydrogens is 424 g/mol. The van der Waals surface area contributed by atoms with E-state index in [-0.39, 0.29) is 18.1 Å². The Balaban J connectivity index is 1.90. The number of ether oxygens (including phenoxy) is 1. The first-order chi connectivity index (χ1) is 15.8. The van der Waals surface area contributed by atoms with E-state index in [1.165, 1.54) is 20.2 Å². The van der Waals surface area contributed by atoms with Gasteiger partial charge in [-0.3, -0.25) is 9.67 Å². The van der Waals surface area contributed by atoms with Crippen LogP contribution in [0, 0.1) is 18.3 Å². The van der Waals surface area contributed by atoms with E-state index in [9.17, 15) is 14.9 Å². The molecule has 1 aliphatic rings. The second kappa shape index (κ2) is 7.23. The van der Waals surface area contributed by atoms with Crippen molar-refractivity contribution in [1.29, 1.82) is 5.26 Å². The van der Waals surface area contributed by atoms with Gasteiger partial charge < -0.3 is 10.5 Å². The predicted octanol–water partition coefficient (Wildman–Crippen LogP) is 1.39. The average molecular weight is 444 g/mol. The normalized spacial score (nSPS) is 14.7. The number of rotatable bonds is 0. The van der Waals surface area contributed by atoms with Crippen LogP contribution in [0.5, 0.6) is 5.75 Å². The molecule has 1 aliphatic heterocycles. The molecule has 0 radical (unpaired) electrons. The number of nitrogens with one attached hydrogen (secondary N) is 1. The van der Waals surface area contributed by atoms with Gasteiger partial charge in [-0.15, -0.1) is 0 Å². The summed E-state index contributed by atoms with van der Waals surface area (Å²) in [6, 6.07) is 9.37. The van der Waals surface area contributed by atoms with E-state index in [0.29, 0.717) is 33.8 Å². The molecule has 5 rings (SSSR count). The van der Waals surface area contributed by atoms with E-state index in [4.69, 9.17) is 10.5 Å². The summed E-state index contributed by atoms with van der Waals surface area (Å²) in [5.74, 6) is 0.530. The van der Waals surface area contributed by atoms with Gasteiger partial charge in [0, 0.05) is 29.9 Å². The predicted molar refractivity (Wildman–Crippen MR) is 119 cm³/mol. The van der Waals surface area contributed by atoms with E-state index in [2.05, 4.69) is 21.1 Å². The van der Waals surface area contributed by atoms with Crippen LogP contribution in [-0.2, 0) is 13.6 Å². The Hall–Kier alpha value is -4.59. The number of nitriles is 1. The molecule has 4 aromatic rings. The van der Waals surface area contributed by atoms with Gasteiger partial charge in [-0.25, -0.2) is 19.3 Å². The fraction of sp³-hybridized carbons (Fsp3) is 0.227. The van der Waals surface area contributed by atoms with Gasteiger partial charge in [0.25, 0.3) is 0 Å². The SMILES string of the molecule is Cc1ccc2c(c1)[C@@H](C)Oc1cc(cnc1N)-c1c(nn(C)c1C#N)Cn1c(=O)[nH]c(=O)n1-2. The number of benzene rings is 1. The van der Waals surface area contributed by atoms with Crippen molar-refractivity contribution in [3.63, 3.8) is 0 Å². The number of aryl methyl sites for hydroxylation is 2. The number of nitrogens with zero attached hydrogens (tertiary/aromatic N) is 6. The van der Waals surface area contributed by atoms with Crippen LogP contribution in [0.15, 0.2) is 40.1 Å². The highest BCUT2D eigenvalue weighted by atomic mass is 16.5. The summed E-state index contributed by atoms with van der Waals surface area (Å²) in [5.41, 5.74) is 8.79. The van der Waals surface area contributed by atoms with Crippen LogP contribution < -0.4 is 21.9 Å². The quantitative estimate of drug-likeness (QED) is 0.416. The number of hydrogen-bond acceptors (Lipinski definition) is 7. The topological polar surface area (TPSA) is 150 Å². The number of nitrogens with two attached hydrogens (primary N) is 1. The first kappa shape index (κ1) is 20.3. The molecule has 2 bridgehead atoms. The van der Waals surface area contributed by atoms with Gasteiger partial charge in [0.1, 0.15) is 17.9 Å². The molecule has 3 N–H and O–H groups in total. The molecule has 4 heterocycles.